The van der Waals surface area contributed by atoms with Crippen molar-refractivity contribution >= 4 is 0 Å². The van der Waals surface area contributed by atoms with Crippen molar-refractivity contribution in [2.75, 3.05) is 72.6 Å². The molecule has 3 saturated heterocycles. The molecule has 0 bridgehead atoms. The summed E-state index contributed by atoms with van der Waals surface area (Å²) in [7, 11) is 2.15. The highest BCUT2D eigenvalue weighted by Gasteiger charge is 2.01. The molecule has 0 saturated carbocycles. The topological polar surface area (TPSA) is 77.2 Å². The zero-order chi connectivity index (χ0) is 21.5. The Balaban J connectivity index is 0.000000189. The molecule has 0 spiro atoms. The molecule has 3 fully saturated rings. The van der Waals surface area contributed by atoms with E-state index in [4.69, 9.17) is 4.74 Å². The molecule has 0 atom stereocenters. The van der Waals surface area contributed by atoms with Crippen LogP contribution in [0.2, 0.25) is 0 Å². The number of ether oxygens (including phenoxy) is 1. The molecule has 4 heterocycles. The Kier molecular flexibility index (Phi) is 17.8. The molecule has 170 valence electrons. The van der Waals surface area contributed by atoms with Gasteiger partial charge in [0.05, 0.1) is 19.5 Å². The van der Waals surface area contributed by atoms with Crippen molar-refractivity contribution in [2.45, 2.75) is 12.8 Å². The third-order valence-electron chi connectivity index (χ3n) is 4.28. The minimum Gasteiger partial charge on any atom is -0.379 e. The Morgan fingerprint density at radius 2 is 1.47 bits per heavy atom. The number of benzene rings is 1. The van der Waals surface area contributed by atoms with Crippen LogP contribution in [0.4, 0.5) is 4.39 Å². The van der Waals surface area contributed by atoms with Gasteiger partial charge in [0.15, 0.2) is 0 Å². The predicted octanol–water partition coefficient (Wildman–Crippen LogP) is 1.73. The van der Waals surface area contributed by atoms with E-state index in [1.165, 1.54) is 51.2 Å². The molecule has 1 aromatic heterocycles. The van der Waals surface area contributed by atoms with Crippen molar-refractivity contribution in [3.8, 4) is 0 Å². The van der Waals surface area contributed by atoms with Gasteiger partial charge in [0.2, 0.25) is 0 Å². The van der Waals surface area contributed by atoms with Gasteiger partial charge >= 0.3 is 0 Å². The number of imidazole rings is 1. The van der Waals surface area contributed by atoms with Gasteiger partial charge in [0.25, 0.3) is 0 Å². The number of H-pyrrole nitrogens is 1. The molecule has 4 N–H and O–H groups in total. The number of nitrogens with one attached hydrogen (secondary N) is 4. The average molecular weight is 423 g/mol. The smallest absolute Gasteiger partial charge is 0.123 e. The molecular weight excluding hydrogens is 383 g/mol. The molecular formula is C22H39FN6O. The maximum Gasteiger partial charge on any atom is 0.123 e. The third-order valence-corrected chi connectivity index (χ3v) is 4.28. The summed E-state index contributed by atoms with van der Waals surface area (Å²) >= 11 is 0. The second-order valence-electron chi connectivity index (χ2n) is 6.93. The molecule has 1 aromatic carbocycles. The Morgan fingerprint density at radius 3 is 1.70 bits per heavy atom. The summed E-state index contributed by atoms with van der Waals surface area (Å²) in [6.07, 6.45) is 7.86. The Morgan fingerprint density at radius 1 is 0.867 bits per heavy atom. The lowest BCUT2D eigenvalue weighted by atomic mass is 10.4. The van der Waals surface area contributed by atoms with E-state index in [2.05, 4.69) is 37.9 Å². The Labute approximate surface area is 180 Å². The summed E-state index contributed by atoms with van der Waals surface area (Å²) in [5, 5.41) is 9.66. The number of aromatic nitrogens is 2. The largest absolute Gasteiger partial charge is 0.379 e. The predicted molar refractivity (Wildman–Crippen MR) is 121 cm³/mol. The quantitative estimate of drug-likeness (QED) is 0.518. The zero-order valence-corrected chi connectivity index (χ0v) is 18.3. The molecule has 3 aliphatic rings. The number of morpholine rings is 1. The van der Waals surface area contributed by atoms with Crippen LogP contribution in [0.25, 0.3) is 0 Å². The van der Waals surface area contributed by atoms with Crippen LogP contribution >= 0.6 is 0 Å². The lowest BCUT2D eigenvalue weighted by molar-refractivity contribution is 0.109. The highest BCUT2D eigenvalue weighted by Crippen LogP contribution is 1.92. The molecule has 7 nitrogen and oxygen atoms in total. The van der Waals surface area contributed by atoms with E-state index in [0.717, 1.165) is 39.4 Å². The molecule has 2 aromatic rings. The molecule has 3 aliphatic heterocycles. The maximum atomic E-state index is 11.9. The van der Waals surface area contributed by atoms with Crippen LogP contribution in [0.5, 0.6) is 0 Å². The van der Waals surface area contributed by atoms with Gasteiger partial charge in [0, 0.05) is 51.7 Å². The van der Waals surface area contributed by atoms with Crippen LogP contribution < -0.4 is 16.0 Å². The minimum atomic E-state index is -0.178. The van der Waals surface area contributed by atoms with Gasteiger partial charge in [-0.25, -0.2) is 9.37 Å². The first-order chi connectivity index (χ1) is 14.8. The molecule has 0 amide bonds. The first-order valence-electron chi connectivity index (χ1n) is 10.8. The fourth-order valence-electron chi connectivity index (χ4n) is 2.55. The molecule has 5 rings (SSSR count). The summed E-state index contributed by atoms with van der Waals surface area (Å²) in [4.78, 5) is 8.75. The van der Waals surface area contributed by atoms with E-state index in [1.54, 1.807) is 36.9 Å². The van der Waals surface area contributed by atoms with E-state index in [-0.39, 0.29) is 5.82 Å². The molecule has 30 heavy (non-hydrogen) atoms. The van der Waals surface area contributed by atoms with Crippen LogP contribution in [-0.2, 0) is 4.74 Å². The van der Waals surface area contributed by atoms with Crippen molar-refractivity contribution in [1.82, 2.24) is 30.8 Å². The van der Waals surface area contributed by atoms with E-state index >= 15 is 0 Å². The maximum absolute atomic E-state index is 11.9. The Hall–Kier alpha value is -1.84. The zero-order valence-electron chi connectivity index (χ0n) is 18.3. The SMILES string of the molecule is C1CCNC1.C1COCCN1.CN1CCNCC1.Fc1ccccc1.c1c[nH]cn1. The van der Waals surface area contributed by atoms with Crippen molar-refractivity contribution in [1.29, 1.82) is 0 Å². The van der Waals surface area contributed by atoms with Crippen LogP contribution in [0.15, 0.2) is 49.1 Å². The van der Waals surface area contributed by atoms with Crippen molar-refractivity contribution in [3.05, 3.63) is 54.9 Å². The summed E-state index contributed by atoms with van der Waals surface area (Å²) in [5.41, 5.74) is 0. The van der Waals surface area contributed by atoms with Gasteiger partial charge in [0.1, 0.15) is 5.82 Å². The van der Waals surface area contributed by atoms with Crippen molar-refractivity contribution in [3.63, 3.8) is 0 Å². The van der Waals surface area contributed by atoms with Crippen molar-refractivity contribution in [2.24, 2.45) is 0 Å². The third kappa shape index (κ3) is 18.2. The first-order valence-corrected chi connectivity index (χ1v) is 10.8. The van der Waals surface area contributed by atoms with Gasteiger partial charge in [-0.05, 0) is 45.1 Å². The lowest BCUT2D eigenvalue weighted by Gasteiger charge is -2.21. The number of halogens is 1. The number of piperazine rings is 1. The van der Waals surface area contributed by atoms with E-state index in [9.17, 15) is 4.39 Å². The molecule has 0 unspecified atom stereocenters. The minimum absolute atomic E-state index is 0.178. The highest BCUT2D eigenvalue weighted by molar-refractivity contribution is 5.02. The number of hydrogen-bond acceptors (Lipinski definition) is 6. The van der Waals surface area contributed by atoms with Gasteiger partial charge in [-0.1, -0.05) is 18.2 Å². The number of rotatable bonds is 0. The second kappa shape index (κ2) is 20.4. The Bertz CT molecular complexity index is 508. The summed E-state index contributed by atoms with van der Waals surface area (Å²) in [6.45, 7) is 11.1. The average Bonchev–Trinajstić information content (AvgIpc) is 3.56. The molecule has 0 radical (unpaired) electrons. The first kappa shape index (κ1) is 26.2. The van der Waals surface area contributed by atoms with Crippen LogP contribution in [-0.4, -0.2) is 87.5 Å². The lowest BCUT2D eigenvalue weighted by Crippen LogP contribution is -2.40. The van der Waals surface area contributed by atoms with Crippen molar-refractivity contribution < 1.29 is 9.13 Å². The van der Waals surface area contributed by atoms with Gasteiger partial charge in [-0.15, -0.1) is 0 Å². The van der Waals surface area contributed by atoms with Crippen LogP contribution in [0, 0.1) is 5.82 Å². The number of hydrogen-bond donors (Lipinski definition) is 4. The fourth-order valence-corrected chi connectivity index (χ4v) is 2.55. The second-order valence-corrected chi connectivity index (χ2v) is 6.93. The highest BCUT2D eigenvalue weighted by atomic mass is 19.1. The fraction of sp³-hybridized carbons (Fsp3) is 0.591. The van der Waals surface area contributed by atoms with Crippen LogP contribution in [0.1, 0.15) is 12.8 Å². The standard InChI is InChI=1S/C6H5F.C5H12N2.C4H9NO.C4H9N.C3H4N2/c7-6-4-2-1-3-5-6;1-7-4-2-6-3-5-7;1-3-6-4-2-5-1;1-2-4-5-3-1;1-2-5-3-4-1/h1-5H;6H,2-5H2,1H3;5H,1-4H2;5H,1-4H2;1-3H,(H,4,5). The van der Waals surface area contributed by atoms with Gasteiger partial charge < -0.3 is 30.6 Å². The molecule has 0 aliphatic carbocycles. The van der Waals surface area contributed by atoms with E-state index in [1.807, 2.05) is 0 Å². The van der Waals surface area contributed by atoms with Gasteiger partial charge in [-0.3, -0.25) is 0 Å². The normalized spacial score (nSPS) is 18.1. The van der Waals surface area contributed by atoms with E-state index in [0.29, 0.717) is 0 Å². The summed E-state index contributed by atoms with van der Waals surface area (Å²) in [5.74, 6) is -0.178. The summed E-state index contributed by atoms with van der Waals surface area (Å²) in [6, 6.07) is 7.94. The van der Waals surface area contributed by atoms with Gasteiger partial charge in [-0.2, -0.15) is 0 Å². The van der Waals surface area contributed by atoms with E-state index < -0.39 is 0 Å². The van der Waals surface area contributed by atoms with Crippen LogP contribution in [0.3, 0.4) is 0 Å². The number of likely N-dealkylation sites (N-methyl/N-ethyl adjacent to an activating group) is 1. The monoisotopic (exact) mass is 422 g/mol. The summed E-state index contributed by atoms with van der Waals surface area (Å²) < 4.78 is 16.9. The number of nitrogens with zero attached hydrogens (tertiary/aromatic N) is 2. The number of aromatic amines is 1. The molecule has 8 heteroatoms.